The Morgan fingerprint density at radius 2 is 1.93 bits per heavy atom. The summed E-state index contributed by atoms with van der Waals surface area (Å²) in [4.78, 5) is 27.5. The molecule has 1 aliphatic rings. The number of benzene rings is 2. The van der Waals surface area contributed by atoms with Gasteiger partial charge in [-0.15, -0.1) is 0 Å². The van der Waals surface area contributed by atoms with Crippen LogP contribution in [0.2, 0.25) is 5.02 Å². The molecule has 6 rings (SSSR count). The first-order chi connectivity index (χ1) is 19.4. The van der Waals surface area contributed by atoms with Crippen molar-refractivity contribution >= 4 is 28.6 Å². The first kappa shape index (κ1) is 26.1. The van der Waals surface area contributed by atoms with Crippen molar-refractivity contribution < 1.29 is 13.7 Å². The van der Waals surface area contributed by atoms with E-state index in [0.717, 1.165) is 18.4 Å². The number of aryl methyl sites for hydroxylation is 2. The van der Waals surface area contributed by atoms with Crippen molar-refractivity contribution in [1.29, 1.82) is 0 Å². The fourth-order valence-corrected chi connectivity index (χ4v) is 5.19. The lowest BCUT2D eigenvalue weighted by molar-refractivity contribution is 0.0903. The zero-order valence-electron chi connectivity index (χ0n) is 21.9. The standard InChI is InChI=1S/C29H26ClFN6O3/c1-16-4-3-5-25(31)23(16)15-37-27-19(14-32-29(35-27)34-20-8-10-39-11-9-20)12-22(28(37)38)21-7-6-18(13-24(21)30)26-33-17(2)40-36-26/h3-7,12-14,20H,8-11,15H2,1-2H3,(H,32,34,35). The van der Waals surface area contributed by atoms with Crippen LogP contribution in [-0.2, 0) is 11.3 Å². The average molecular weight is 561 g/mol. The van der Waals surface area contributed by atoms with Crippen molar-refractivity contribution in [3.8, 4) is 22.5 Å². The topological polar surface area (TPSA) is 108 Å². The Kier molecular flexibility index (Phi) is 7.03. The summed E-state index contributed by atoms with van der Waals surface area (Å²) in [6.45, 7) is 4.84. The highest BCUT2D eigenvalue weighted by Crippen LogP contribution is 2.31. The molecule has 11 heteroatoms. The Hall–Kier alpha value is -4.15. The molecule has 3 aromatic heterocycles. The van der Waals surface area contributed by atoms with E-state index in [1.807, 2.05) is 13.0 Å². The zero-order chi connectivity index (χ0) is 27.8. The summed E-state index contributed by atoms with van der Waals surface area (Å²) in [5.74, 6) is 0.845. The van der Waals surface area contributed by atoms with Crippen LogP contribution in [0.25, 0.3) is 33.5 Å². The van der Waals surface area contributed by atoms with Crippen LogP contribution in [0.3, 0.4) is 0 Å². The monoisotopic (exact) mass is 560 g/mol. The summed E-state index contributed by atoms with van der Waals surface area (Å²) in [5.41, 5.74) is 2.71. The first-order valence-electron chi connectivity index (χ1n) is 13.0. The number of halogens is 2. The predicted octanol–water partition coefficient (Wildman–Crippen LogP) is 5.56. The molecule has 9 nitrogen and oxygen atoms in total. The van der Waals surface area contributed by atoms with Gasteiger partial charge in [0, 0.05) is 65.0 Å². The van der Waals surface area contributed by atoms with Gasteiger partial charge in [0.05, 0.1) is 6.54 Å². The first-order valence-corrected chi connectivity index (χ1v) is 13.3. The van der Waals surface area contributed by atoms with Gasteiger partial charge in [-0.05, 0) is 43.5 Å². The third-order valence-electron chi connectivity index (χ3n) is 7.10. The largest absolute Gasteiger partial charge is 0.381 e. The quantitative estimate of drug-likeness (QED) is 0.288. The van der Waals surface area contributed by atoms with E-state index in [2.05, 4.69) is 20.4 Å². The molecule has 0 radical (unpaired) electrons. The van der Waals surface area contributed by atoms with Crippen molar-refractivity contribution in [2.24, 2.45) is 0 Å². The maximum atomic E-state index is 14.9. The smallest absolute Gasteiger partial charge is 0.260 e. The molecule has 4 heterocycles. The van der Waals surface area contributed by atoms with Gasteiger partial charge in [0.2, 0.25) is 17.7 Å². The Balaban J connectivity index is 1.48. The van der Waals surface area contributed by atoms with E-state index < -0.39 is 5.82 Å². The van der Waals surface area contributed by atoms with Crippen LogP contribution in [0.15, 0.2) is 58.0 Å². The average Bonchev–Trinajstić information content (AvgIpc) is 3.39. The summed E-state index contributed by atoms with van der Waals surface area (Å²) < 4.78 is 26.9. The van der Waals surface area contributed by atoms with Gasteiger partial charge in [0.1, 0.15) is 11.5 Å². The molecule has 40 heavy (non-hydrogen) atoms. The number of hydrogen-bond acceptors (Lipinski definition) is 8. The molecule has 0 saturated carbocycles. The Morgan fingerprint density at radius 1 is 1.10 bits per heavy atom. The van der Waals surface area contributed by atoms with Gasteiger partial charge in [-0.1, -0.05) is 41.0 Å². The highest BCUT2D eigenvalue weighted by molar-refractivity contribution is 6.33. The van der Waals surface area contributed by atoms with Crippen LogP contribution in [-0.4, -0.2) is 43.9 Å². The van der Waals surface area contributed by atoms with E-state index in [1.54, 1.807) is 43.5 Å². The van der Waals surface area contributed by atoms with Gasteiger partial charge < -0.3 is 14.6 Å². The molecule has 1 aliphatic heterocycles. The second-order valence-electron chi connectivity index (χ2n) is 9.82. The van der Waals surface area contributed by atoms with Crippen LogP contribution in [0.1, 0.15) is 29.9 Å². The molecule has 0 aliphatic carbocycles. The van der Waals surface area contributed by atoms with E-state index in [4.69, 9.17) is 25.8 Å². The highest BCUT2D eigenvalue weighted by atomic mass is 35.5. The molecular formula is C29H26ClFN6O3. The molecule has 1 N–H and O–H groups in total. The van der Waals surface area contributed by atoms with Crippen LogP contribution < -0.4 is 10.9 Å². The zero-order valence-corrected chi connectivity index (χ0v) is 22.7. The van der Waals surface area contributed by atoms with Crippen molar-refractivity contribution in [3.63, 3.8) is 0 Å². The van der Waals surface area contributed by atoms with E-state index >= 15 is 0 Å². The molecule has 1 fully saturated rings. The molecular weight excluding hydrogens is 535 g/mol. The Labute approximate surface area is 234 Å². The molecule has 204 valence electrons. The summed E-state index contributed by atoms with van der Waals surface area (Å²) >= 11 is 6.69. The molecule has 1 saturated heterocycles. The summed E-state index contributed by atoms with van der Waals surface area (Å²) in [7, 11) is 0. The van der Waals surface area contributed by atoms with Crippen LogP contribution in [0.5, 0.6) is 0 Å². The number of pyridine rings is 1. The van der Waals surface area contributed by atoms with E-state index in [0.29, 0.717) is 69.2 Å². The second-order valence-corrected chi connectivity index (χ2v) is 10.2. The number of nitrogens with zero attached hydrogens (tertiary/aromatic N) is 5. The number of nitrogens with one attached hydrogen (secondary N) is 1. The number of rotatable bonds is 6. The third kappa shape index (κ3) is 5.07. The van der Waals surface area contributed by atoms with Crippen molar-refractivity contribution in [2.75, 3.05) is 18.5 Å². The second kappa shape index (κ2) is 10.8. The lowest BCUT2D eigenvalue weighted by atomic mass is 10.0. The summed E-state index contributed by atoms with van der Waals surface area (Å²) in [5, 5.41) is 8.25. The maximum absolute atomic E-state index is 14.9. The minimum atomic E-state index is -0.391. The number of anilines is 1. The molecule has 5 aromatic rings. The number of fused-ring (bicyclic) bond motifs is 1. The SMILES string of the molecule is Cc1nc(-c2ccc(-c3cc4cnc(NC5CCOCC5)nc4n(Cc4c(C)cccc4F)c3=O)c(Cl)c2)no1. The Bertz CT molecular complexity index is 1760. The van der Waals surface area contributed by atoms with Crippen molar-refractivity contribution in [3.05, 3.63) is 86.9 Å². The Morgan fingerprint density at radius 3 is 2.65 bits per heavy atom. The van der Waals surface area contributed by atoms with Gasteiger partial charge in [-0.2, -0.15) is 9.97 Å². The van der Waals surface area contributed by atoms with Crippen molar-refractivity contribution in [2.45, 2.75) is 39.3 Å². The molecule has 2 aromatic carbocycles. The lowest BCUT2D eigenvalue weighted by Crippen LogP contribution is -2.29. The molecule has 0 bridgehead atoms. The van der Waals surface area contributed by atoms with Gasteiger partial charge in [-0.25, -0.2) is 9.37 Å². The molecule has 0 amide bonds. The van der Waals surface area contributed by atoms with E-state index in [-0.39, 0.29) is 18.1 Å². The van der Waals surface area contributed by atoms with Crippen molar-refractivity contribution in [1.82, 2.24) is 24.7 Å². The summed E-state index contributed by atoms with van der Waals surface area (Å²) in [6, 6.07) is 12.0. The van der Waals surface area contributed by atoms with Crippen LogP contribution >= 0.6 is 11.6 Å². The number of ether oxygens (including phenoxy) is 1. The molecule has 0 spiro atoms. The molecule has 0 atom stereocenters. The minimum absolute atomic E-state index is 0.00671. The van der Waals surface area contributed by atoms with Gasteiger partial charge in [-0.3, -0.25) is 9.36 Å². The van der Waals surface area contributed by atoms with Gasteiger partial charge in [0.15, 0.2) is 0 Å². The highest BCUT2D eigenvalue weighted by Gasteiger charge is 2.20. The fraction of sp³-hybridized carbons (Fsp3) is 0.276. The molecule has 0 unspecified atom stereocenters. The normalized spacial score (nSPS) is 14.1. The maximum Gasteiger partial charge on any atom is 0.260 e. The van der Waals surface area contributed by atoms with Gasteiger partial charge in [0.25, 0.3) is 5.56 Å². The third-order valence-corrected chi connectivity index (χ3v) is 7.41. The van der Waals surface area contributed by atoms with E-state index in [9.17, 15) is 9.18 Å². The van der Waals surface area contributed by atoms with Gasteiger partial charge >= 0.3 is 0 Å². The summed E-state index contributed by atoms with van der Waals surface area (Å²) in [6.07, 6.45) is 3.33. The van der Waals surface area contributed by atoms with Crippen LogP contribution in [0, 0.1) is 19.7 Å². The minimum Gasteiger partial charge on any atom is -0.381 e. The number of aromatic nitrogens is 5. The van der Waals surface area contributed by atoms with Crippen LogP contribution in [0.4, 0.5) is 10.3 Å². The number of hydrogen-bond donors (Lipinski definition) is 1. The lowest BCUT2D eigenvalue weighted by Gasteiger charge is -2.23. The fourth-order valence-electron chi connectivity index (χ4n) is 4.91. The predicted molar refractivity (Wildman–Crippen MR) is 150 cm³/mol. The van der Waals surface area contributed by atoms with E-state index in [1.165, 1.54) is 10.6 Å².